The van der Waals surface area contributed by atoms with Gasteiger partial charge in [0.2, 0.25) is 0 Å². The van der Waals surface area contributed by atoms with Crippen LogP contribution < -0.4 is 5.32 Å². The molecule has 24 heavy (non-hydrogen) atoms. The fraction of sp³-hybridized carbons (Fsp3) is 0.300. The van der Waals surface area contributed by atoms with Crippen LogP contribution in [0.4, 0.5) is 0 Å². The lowest BCUT2D eigenvalue weighted by Crippen LogP contribution is -2.24. The molecule has 1 heterocycles. The largest absolute Gasteiger partial charge is 0.352 e. The van der Waals surface area contributed by atoms with E-state index >= 15 is 0 Å². The number of nitrogens with one attached hydrogen (secondary N) is 2. The number of unbranched alkanes of at least 4 members (excludes halogenated alkanes) is 1. The molecule has 0 atom stereocenters. The van der Waals surface area contributed by atoms with E-state index < -0.39 is 0 Å². The Morgan fingerprint density at radius 1 is 1.08 bits per heavy atom. The monoisotopic (exact) mass is 321 g/mol. The van der Waals surface area contributed by atoms with E-state index in [9.17, 15) is 4.79 Å². The number of fused-ring (bicyclic) bond motifs is 1. The number of hydrogen-bond acceptors (Lipinski definition) is 2. The van der Waals surface area contributed by atoms with Gasteiger partial charge in [-0.15, -0.1) is 0 Å². The van der Waals surface area contributed by atoms with Crippen molar-refractivity contribution in [3.05, 3.63) is 65.5 Å². The summed E-state index contributed by atoms with van der Waals surface area (Å²) in [6.45, 7) is 2.85. The van der Waals surface area contributed by atoms with Crippen molar-refractivity contribution >= 4 is 16.9 Å². The van der Waals surface area contributed by atoms with E-state index in [1.54, 1.807) is 0 Å². The van der Waals surface area contributed by atoms with Crippen LogP contribution in [-0.2, 0) is 12.8 Å². The van der Waals surface area contributed by atoms with Crippen molar-refractivity contribution in [3.63, 3.8) is 0 Å². The van der Waals surface area contributed by atoms with Gasteiger partial charge >= 0.3 is 0 Å². The van der Waals surface area contributed by atoms with Crippen molar-refractivity contribution in [2.24, 2.45) is 0 Å². The predicted molar refractivity (Wildman–Crippen MR) is 97.2 cm³/mol. The van der Waals surface area contributed by atoms with Crippen LogP contribution in [0, 0.1) is 0 Å². The Hall–Kier alpha value is -2.62. The van der Waals surface area contributed by atoms with E-state index in [4.69, 9.17) is 0 Å². The number of carbonyl (C=O) groups is 1. The highest BCUT2D eigenvalue weighted by Crippen LogP contribution is 2.13. The number of rotatable bonds is 7. The summed E-state index contributed by atoms with van der Waals surface area (Å²) >= 11 is 0. The summed E-state index contributed by atoms with van der Waals surface area (Å²) in [6.07, 6.45) is 3.86. The second-order valence-electron chi connectivity index (χ2n) is 6.01. The Morgan fingerprint density at radius 2 is 1.88 bits per heavy atom. The van der Waals surface area contributed by atoms with Crippen molar-refractivity contribution in [1.82, 2.24) is 15.3 Å². The van der Waals surface area contributed by atoms with Gasteiger partial charge in [-0.05, 0) is 42.7 Å². The molecule has 1 amide bonds. The first kappa shape index (κ1) is 16.2. The SMILES string of the molecule is CCCCNC(=O)c1ccc(CCc2nc3ccccc3[nH]2)cc1. The van der Waals surface area contributed by atoms with Crippen molar-refractivity contribution in [2.45, 2.75) is 32.6 Å². The smallest absolute Gasteiger partial charge is 0.251 e. The maximum atomic E-state index is 12.0. The van der Waals surface area contributed by atoms with E-state index in [1.165, 1.54) is 5.56 Å². The molecule has 0 unspecified atom stereocenters. The zero-order valence-corrected chi connectivity index (χ0v) is 14.0. The second kappa shape index (κ2) is 7.77. The summed E-state index contributed by atoms with van der Waals surface area (Å²) in [5.41, 5.74) is 4.01. The fourth-order valence-electron chi connectivity index (χ4n) is 2.69. The number of amides is 1. The number of hydrogen-bond donors (Lipinski definition) is 2. The van der Waals surface area contributed by atoms with E-state index in [2.05, 4.69) is 22.2 Å². The van der Waals surface area contributed by atoms with Crippen LogP contribution in [0.3, 0.4) is 0 Å². The molecule has 1 aromatic heterocycles. The van der Waals surface area contributed by atoms with Crippen molar-refractivity contribution in [3.8, 4) is 0 Å². The third-order valence-corrected chi connectivity index (χ3v) is 4.12. The summed E-state index contributed by atoms with van der Waals surface area (Å²) in [6, 6.07) is 15.9. The molecule has 3 aromatic rings. The van der Waals surface area contributed by atoms with Gasteiger partial charge in [0.1, 0.15) is 5.82 Å². The average molecular weight is 321 g/mol. The van der Waals surface area contributed by atoms with E-state index in [0.717, 1.165) is 54.6 Å². The Kier molecular flexibility index (Phi) is 5.26. The maximum Gasteiger partial charge on any atom is 0.251 e. The lowest BCUT2D eigenvalue weighted by Gasteiger charge is -2.05. The highest BCUT2D eigenvalue weighted by atomic mass is 16.1. The molecule has 2 N–H and O–H groups in total. The van der Waals surface area contributed by atoms with Gasteiger partial charge in [0.25, 0.3) is 5.91 Å². The molecule has 0 fully saturated rings. The van der Waals surface area contributed by atoms with Crippen LogP contribution >= 0.6 is 0 Å². The number of carbonyl (C=O) groups excluding carboxylic acids is 1. The van der Waals surface area contributed by atoms with Gasteiger partial charge in [-0.2, -0.15) is 0 Å². The number of imidazole rings is 1. The molecule has 2 aromatic carbocycles. The predicted octanol–water partition coefficient (Wildman–Crippen LogP) is 3.88. The summed E-state index contributed by atoms with van der Waals surface area (Å²) in [5, 5.41) is 2.94. The number of para-hydroxylation sites is 2. The Labute approximate surface area is 142 Å². The van der Waals surface area contributed by atoms with Gasteiger partial charge in [0.05, 0.1) is 11.0 Å². The molecule has 4 nitrogen and oxygen atoms in total. The average Bonchev–Trinajstić information content (AvgIpc) is 3.03. The summed E-state index contributed by atoms with van der Waals surface area (Å²) < 4.78 is 0. The molecular weight excluding hydrogens is 298 g/mol. The Bertz CT molecular complexity index is 772. The van der Waals surface area contributed by atoms with Crippen LogP contribution in [0.1, 0.15) is 41.5 Å². The van der Waals surface area contributed by atoms with Crippen molar-refractivity contribution in [2.75, 3.05) is 6.54 Å². The highest BCUT2D eigenvalue weighted by molar-refractivity contribution is 5.94. The number of H-pyrrole nitrogens is 1. The molecule has 0 spiro atoms. The topological polar surface area (TPSA) is 57.8 Å². The zero-order valence-electron chi connectivity index (χ0n) is 14.0. The van der Waals surface area contributed by atoms with Gasteiger partial charge in [0, 0.05) is 18.5 Å². The molecule has 4 heteroatoms. The molecule has 0 saturated carbocycles. The first-order valence-corrected chi connectivity index (χ1v) is 8.57. The molecule has 0 bridgehead atoms. The lowest BCUT2D eigenvalue weighted by molar-refractivity contribution is 0.0953. The number of aromatic nitrogens is 2. The first-order valence-electron chi connectivity index (χ1n) is 8.57. The molecular formula is C20H23N3O. The van der Waals surface area contributed by atoms with Gasteiger partial charge < -0.3 is 10.3 Å². The molecule has 0 saturated heterocycles. The minimum Gasteiger partial charge on any atom is -0.352 e. The highest BCUT2D eigenvalue weighted by Gasteiger charge is 2.06. The number of aryl methyl sites for hydroxylation is 2. The third kappa shape index (κ3) is 4.02. The molecule has 0 radical (unpaired) electrons. The van der Waals surface area contributed by atoms with Crippen LogP contribution in [0.2, 0.25) is 0 Å². The fourth-order valence-corrected chi connectivity index (χ4v) is 2.69. The van der Waals surface area contributed by atoms with Gasteiger partial charge in [-0.3, -0.25) is 4.79 Å². The molecule has 124 valence electrons. The van der Waals surface area contributed by atoms with E-state index in [-0.39, 0.29) is 5.91 Å². The number of aromatic amines is 1. The lowest BCUT2D eigenvalue weighted by atomic mass is 10.1. The molecule has 0 aliphatic rings. The summed E-state index contributed by atoms with van der Waals surface area (Å²) in [7, 11) is 0. The van der Waals surface area contributed by atoms with Crippen molar-refractivity contribution in [1.29, 1.82) is 0 Å². The Morgan fingerprint density at radius 3 is 2.62 bits per heavy atom. The minimum absolute atomic E-state index is 0.00674. The van der Waals surface area contributed by atoms with E-state index in [1.807, 2.05) is 48.5 Å². The normalized spacial score (nSPS) is 10.9. The van der Waals surface area contributed by atoms with Gasteiger partial charge in [0.15, 0.2) is 0 Å². The third-order valence-electron chi connectivity index (χ3n) is 4.12. The minimum atomic E-state index is 0.00674. The van der Waals surface area contributed by atoms with Gasteiger partial charge in [-0.1, -0.05) is 37.6 Å². The standard InChI is InChI=1S/C20H23N3O/c1-2-3-14-21-20(24)16-11-8-15(9-12-16)10-13-19-22-17-6-4-5-7-18(17)23-19/h4-9,11-12H,2-3,10,13-14H2,1H3,(H,21,24)(H,22,23). The number of nitrogens with zero attached hydrogens (tertiary/aromatic N) is 1. The maximum absolute atomic E-state index is 12.0. The number of benzene rings is 2. The molecule has 3 rings (SSSR count). The van der Waals surface area contributed by atoms with Crippen LogP contribution in [0.25, 0.3) is 11.0 Å². The van der Waals surface area contributed by atoms with Crippen LogP contribution in [-0.4, -0.2) is 22.4 Å². The molecule has 0 aliphatic heterocycles. The summed E-state index contributed by atoms with van der Waals surface area (Å²) in [4.78, 5) is 19.9. The molecule has 0 aliphatic carbocycles. The van der Waals surface area contributed by atoms with Gasteiger partial charge in [-0.25, -0.2) is 4.98 Å². The van der Waals surface area contributed by atoms with Crippen molar-refractivity contribution < 1.29 is 4.79 Å². The zero-order chi connectivity index (χ0) is 16.8. The van der Waals surface area contributed by atoms with Crippen LogP contribution in [0.15, 0.2) is 48.5 Å². The first-order chi connectivity index (χ1) is 11.8. The summed E-state index contributed by atoms with van der Waals surface area (Å²) in [5.74, 6) is 1.00. The van der Waals surface area contributed by atoms with E-state index in [0.29, 0.717) is 0 Å². The van der Waals surface area contributed by atoms with Crippen LogP contribution in [0.5, 0.6) is 0 Å². The second-order valence-corrected chi connectivity index (χ2v) is 6.01. The Balaban J connectivity index is 1.56. The quantitative estimate of drug-likeness (QED) is 0.649.